The van der Waals surface area contributed by atoms with E-state index in [-0.39, 0.29) is 12.4 Å². The minimum Gasteiger partial charge on any atom is -0.462 e. The molecule has 0 bridgehead atoms. The van der Waals surface area contributed by atoms with Crippen LogP contribution in [0.1, 0.15) is 33.2 Å². The third-order valence-corrected chi connectivity index (χ3v) is 4.93. The zero-order chi connectivity index (χ0) is 22.0. The minimum atomic E-state index is -0.644. The van der Waals surface area contributed by atoms with Crippen LogP contribution < -0.4 is 10.2 Å². The van der Waals surface area contributed by atoms with Crippen molar-refractivity contribution in [2.24, 2.45) is 0 Å². The summed E-state index contributed by atoms with van der Waals surface area (Å²) in [6.07, 6.45) is -0.644. The van der Waals surface area contributed by atoms with E-state index in [9.17, 15) is 14.4 Å². The molecule has 1 N–H and O–H groups in total. The Balaban J connectivity index is 1.83. The molecule has 0 saturated heterocycles. The van der Waals surface area contributed by atoms with Gasteiger partial charge in [0.15, 0.2) is 5.78 Å². The maximum absolute atomic E-state index is 12.9. The van der Waals surface area contributed by atoms with Crippen LogP contribution in [0.4, 0.5) is 27.5 Å². The fraction of sp³-hybridized carbons (Fsp3) is 0.125. The fourth-order valence-electron chi connectivity index (χ4n) is 3.51. The molecule has 0 spiro atoms. The van der Waals surface area contributed by atoms with E-state index in [4.69, 9.17) is 9.47 Å². The molecule has 0 fully saturated rings. The Kier molecular flexibility index (Phi) is 5.41. The molecular formula is C24H20N2O5. The highest BCUT2D eigenvalue weighted by atomic mass is 16.5. The second kappa shape index (κ2) is 8.31. The highest BCUT2D eigenvalue weighted by Crippen LogP contribution is 2.46. The van der Waals surface area contributed by atoms with Gasteiger partial charge in [-0.15, -0.1) is 0 Å². The van der Waals surface area contributed by atoms with Gasteiger partial charge in [-0.25, -0.2) is 14.5 Å². The van der Waals surface area contributed by atoms with Crippen LogP contribution in [0.3, 0.4) is 0 Å². The summed E-state index contributed by atoms with van der Waals surface area (Å²) in [4.78, 5) is 39.4. The Labute approximate surface area is 179 Å². The molecule has 4 rings (SSSR count). The molecule has 0 saturated carbocycles. The van der Waals surface area contributed by atoms with Crippen molar-refractivity contribution in [2.75, 3.05) is 23.9 Å². The lowest BCUT2D eigenvalue weighted by molar-refractivity contribution is 0.0527. The molecule has 1 heterocycles. The van der Waals surface area contributed by atoms with Gasteiger partial charge >= 0.3 is 12.1 Å². The molecule has 7 heteroatoms. The SMILES string of the molecule is CCOC(=O)c1cccc2c1Nc1ccc(C(=O)c3ccccc3)cc1N2C(=O)OC. The zero-order valence-corrected chi connectivity index (χ0v) is 17.0. The van der Waals surface area contributed by atoms with E-state index in [0.717, 1.165) is 0 Å². The molecular weight excluding hydrogens is 396 g/mol. The summed E-state index contributed by atoms with van der Waals surface area (Å²) in [7, 11) is 1.28. The number of rotatable bonds is 4. The lowest BCUT2D eigenvalue weighted by atomic mass is 9.99. The molecule has 3 aromatic carbocycles. The normalized spacial score (nSPS) is 11.6. The van der Waals surface area contributed by atoms with Crippen molar-refractivity contribution >= 4 is 40.6 Å². The first-order valence-corrected chi connectivity index (χ1v) is 9.74. The van der Waals surface area contributed by atoms with Crippen LogP contribution in [0.2, 0.25) is 0 Å². The first kappa shape index (κ1) is 20.2. The number of esters is 1. The lowest BCUT2D eigenvalue weighted by Gasteiger charge is -2.32. The predicted octanol–water partition coefficient (Wildman–Crippen LogP) is 5.06. The van der Waals surface area contributed by atoms with Gasteiger partial charge in [0.2, 0.25) is 0 Å². The van der Waals surface area contributed by atoms with Gasteiger partial charge in [-0.3, -0.25) is 4.79 Å². The van der Waals surface area contributed by atoms with E-state index < -0.39 is 12.1 Å². The molecule has 0 aliphatic carbocycles. The van der Waals surface area contributed by atoms with Gasteiger partial charge in [0, 0.05) is 11.1 Å². The highest BCUT2D eigenvalue weighted by Gasteiger charge is 2.32. The van der Waals surface area contributed by atoms with Crippen LogP contribution in [0, 0.1) is 0 Å². The summed E-state index contributed by atoms with van der Waals surface area (Å²) in [5, 5.41) is 3.20. The Morgan fingerprint density at radius 2 is 1.68 bits per heavy atom. The number of amides is 1. The van der Waals surface area contributed by atoms with Crippen molar-refractivity contribution in [1.82, 2.24) is 0 Å². The number of methoxy groups -OCH3 is 1. The van der Waals surface area contributed by atoms with E-state index in [0.29, 0.717) is 39.4 Å². The lowest BCUT2D eigenvalue weighted by Crippen LogP contribution is -2.30. The average molecular weight is 416 g/mol. The molecule has 31 heavy (non-hydrogen) atoms. The smallest absolute Gasteiger partial charge is 0.418 e. The zero-order valence-electron chi connectivity index (χ0n) is 17.0. The van der Waals surface area contributed by atoms with Gasteiger partial charge < -0.3 is 14.8 Å². The number of anilines is 4. The molecule has 1 amide bonds. The van der Waals surface area contributed by atoms with Crippen LogP contribution in [-0.4, -0.2) is 31.6 Å². The van der Waals surface area contributed by atoms with E-state index >= 15 is 0 Å². The highest BCUT2D eigenvalue weighted by molar-refractivity contribution is 6.14. The molecule has 0 atom stereocenters. The predicted molar refractivity (Wildman–Crippen MR) is 117 cm³/mol. The van der Waals surface area contributed by atoms with E-state index in [2.05, 4.69) is 5.32 Å². The van der Waals surface area contributed by atoms with Crippen LogP contribution in [0.5, 0.6) is 0 Å². The number of benzene rings is 3. The molecule has 156 valence electrons. The fourth-order valence-corrected chi connectivity index (χ4v) is 3.51. The molecule has 1 aliphatic rings. The Hall–Kier alpha value is -4.13. The number of ketones is 1. The van der Waals surface area contributed by atoms with Crippen LogP contribution in [0.15, 0.2) is 66.7 Å². The number of para-hydroxylation sites is 1. The summed E-state index contributed by atoms with van der Waals surface area (Å²) in [6, 6.07) is 18.9. The van der Waals surface area contributed by atoms with Crippen molar-refractivity contribution in [2.45, 2.75) is 6.92 Å². The molecule has 0 radical (unpaired) electrons. The van der Waals surface area contributed by atoms with Crippen molar-refractivity contribution in [1.29, 1.82) is 0 Å². The molecule has 1 aliphatic heterocycles. The maximum Gasteiger partial charge on any atom is 0.418 e. The Morgan fingerprint density at radius 1 is 0.903 bits per heavy atom. The van der Waals surface area contributed by atoms with Crippen molar-refractivity contribution < 1.29 is 23.9 Å². The molecule has 0 unspecified atom stereocenters. The van der Waals surface area contributed by atoms with Gasteiger partial charge in [0.1, 0.15) is 0 Å². The quantitative estimate of drug-likeness (QED) is 0.473. The maximum atomic E-state index is 12.9. The number of hydrogen-bond acceptors (Lipinski definition) is 6. The number of nitrogens with one attached hydrogen (secondary N) is 1. The first-order chi connectivity index (χ1) is 15.0. The van der Waals surface area contributed by atoms with E-state index in [1.807, 2.05) is 6.07 Å². The van der Waals surface area contributed by atoms with Crippen molar-refractivity contribution in [3.05, 3.63) is 83.4 Å². The molecule has 0 aromatic heterocycles. The van der Waals surface area contributed by atoms with E-state index in [1.165, 1.54) is 12.0 Å². The standard InChI is InChI=1S/C24H20N2O5/c1-3-31-23(28)17-10-7-11-19-21(17)25-18-13-12-16(14-20(18)26(19)24(29)30-2)22(27)15-8-5-4-6-9-15/h4-14,25H,3H2,1-2H3. The Bertz CT molecular complexity index is 1170. The molecule has 7 nitrogen and oxygen atoms in total. The summed E-state index contributed by atoms with van der Waals surface area (Å²) < 4.78 is 10.1. The van der Waals surface area contributed by atoms with Crippen molar-refractivity contribution in [3.8, 4) is 0 Å². The van der Waals surface area contributed by atoms with Gasteiger partial charge in [-0.2, -0.15) is 0 Å². The van der Waals surface area contributed by atoms with Crippen LogP contribution in [-0.2, 0) is 9.47 Å². The third kappa shape index (κ3) is 3.61. The van der Waals surface area contributed by atoms with Gasteiger partial charge in [-0.1, -0.05) is 36.4 Å². The van der Waals surface area contributed by atoms with Crippen molar-refractivity contribution in [3.63, 3.8) is 0 Å². The number of fused-ring (bicyclic) bond motifs is 2. The summed E-state index contributed by atoms with van der Waals surface area (Å²) in [6.45, 7) is 1.95. The third-order valence-electron chi connectivity index (χ3n) is 4.93. The number of nitrogens with zero attached hydrogens (tertiary/aromatic N) is 1. The van der Waals surface area contributed by atoms with E-state index in [1.54, 1.807) is 67.6 Å². The van der Waals surface area contributed by atoms with Gasteiger partial charge in [0.25, 0.3) is 0 Å². The number of carbonyl (C=O) groups excluding carboxylic acids is 3. The average Bonchev–Trinajstić information content (AvgIpc) is 2.81. The summed E-state index contributed by atoms with van der Waals surface area (Å²) in [5.74, 6) is -0.671. The monoisotopic (exact) mass is 416 g/mol. The Morgan fingerprint density at radius 3 is 2.39 bits per heavy atom. The first-order valence-electron chi connectivity index (χ1n) is 9.74. The second-order valence-electron chi connectivity index (χ2n) is 6.78. The minimum absolute atomic E-state index is 0.167. The topological polar surface area (TPSA) is 84.9 Å². The van der Waals surface area contributed by atoms with Gasteiger partial charge in [-0.05, 0) is 37.3 Å². The second-order valence-corrected chi connectivity index (χ2v) is 6.78. The van der Waals surface area contributed by atoms with Crippen LogP contribution in [0.25, 0.3) is 0 Å². The molecule has 3 aromatic rings. The number of carbonyl (C=O) groups is 3. The summed E-state index contributed by atoms with van der Waals surface area (Å²) >= 11 is 0. The van der Waals surface area contributed by atoms with Crippen LogP contribution >= 0.6 is 0 Å². The van der Waals surface area contributed by atoms with Gasteiger partial charge in [0.05, 0.1) is 42.0 Å². The number of ether oxygens (including phenoxy) is 2. The largest absolute Gasteiger partial charge is 0.462 e. The summed E-state index contributed by atoms with van der Waals surface area (Å²) in [5.41, 5.74) is 3.12. The number of hydrogen-bond donors (Lipinski definition) is 1.